The van der Waals surface area contributed by atoms with Crippen LogP contribution in [0, 0.1) is 0 Å². The maximum atomic E-state index is 10.7. The van der Waals surface area contributed by atoms with E-state index in [2.05, 4.69) is 28.6 Å². The second kappa shape index (κ2) is 5.94. The Morgan fingerprint density at radius 2 is 2.20 bits per heavy atom. The molecule has 4 heteroatoms. The van der Waals surface area contributed by atoms with Gasteiger partial charge in [0.25, 0.3) is 0 Å². The molecule has 1 aromatic carbocycles. The Labute approximate surface area is 123 Å². The minimum Gasteiger partial charge on any atom is -0.327 e. The van der Waals surface area contributed by atoms with Crippen LogP contribution in [0.3, 0.4) is 0 Å². The maximum absolute atomic E-state index is 10.7. The van der Waals surface area contributed by atoms with E-state index < -0.39 is 0 Å². The van der Waals surface area contributed by atoms with Crippen LogP contribution in [0.5, 0.6) is 0 Å². The van der Waals surface area contributed by atoms with E-state index in [9.17, 15) is 4.79 Å². The molecule has 3 nitrogen and oxygen atoms in total. The van der Waals surface area contributed by atoms with Gasteiger partial charge in [-0.25, -0.2) is 0 Å². The first-order valence-electron chi connectivity index (χ1n) is 7.26. The number of nitrogens with one attached hydrogen (secondary N) is 1. The Morgan fingerprint density at radius 1 is 1.40 bits per heavy atom. The molecule has 1 saturated heterocycles. The molecule has 0 aliphatic carbocycles. The predicted molar refractivity (Wildman–Crippen MR) is 85.6 cm³/mol. The smallest absolute Gasteiger partial charge is 0.211 e. The van der Waals surface area contributed by atoms with E-state index in [1.54, 1.807) is 11.3 Å². The summed E-state index contributed by atoms with van der Waals surface area (Å²) in [6.45, 7) is 5.79. The van der Waals surface area contributed by atoms with Crippen LogP contribution in [0.15, 0.2) is 23.6 Å². The van der Waals surface area contributed by atoms with E-state index in [1.807, 2.05) is 12.1 Å². The molecule has 0 bridgehead atoms. The van der Waals surface area contributed by atoms with Crippen molar-refractivity contribution in [3.05, 3.63) is 29.1 Å². The topological polar surface area (TPSA) is 32.3 Å². The first kappa shape index (κ1) is 13.6. The SMILES string of the molecule is CCN1CCC(c2csc3c(NC=O)cccc23)CC1. The summed E-state index contributed by atoms with van der Waals surface area (Å²) < 4.78 is 1.20. The second-order valence-corrected chi connectivity index (χ2v) is 6.22. The van der Waals surface area contributed by atoms with Crippen molar-refractivity contribution in [1.29, 1.82) is 0 Å². The number of nitrogens with zero attached hydrogens (tertiary/aromatic N) is 1. The van der Waals surface area contributed by atoms with Crippen LogP contribution in [0.2, 0.25) is 0 Å². The zero-order valence-electron chi connectivity index (χ0n) is 11.8. The molecule has 0 spiro atoms. The van der Waals surface area contributed by atoms with Crippen molar-refractivity contribution in [2.75, 3.05) is 25.0 Å². The summed E-state index contributed by atoms with van der Waals surface area (Å²) in [6.07, 6.45) is 3.24. The summed E-state index contributed by atoms with van der Waals surface area (Å²) in [4.78, 5) is 13.2. The fourth-order valence-electron chi connectivity index (χ4n) is 3.13. The lowest BCUT2D eigenvalue weighted by Crippen LogP contribution is -2.32. The van der Waals surface area contributed by atoms with Crippen LogP contribution in [-0.4, -0.2) is 30.9 Å². The minimum absolute atomic E-state index is 0.665. The van der Waals surface area contributed by atoms with E-state index in [-0.39, 0.29) is 0 Å². The van der Waals surface area contributed by atoms with Crippen molar-refractivity contribution in [1.82, 2.24) is 4.90 Å². The van der Waals surface area contributed by atoms with Gasteiger partial charge in [-0.1, -0.05) is 19.1 Å². The molecule has 106 valence electrons. The van der Waals surface area contributed by atoms with Crippen LogP contribution in [0.25, 0.3) is 10.1 Å². The van der Waals surface area contributed by atoms with Gasteiger partial charge in [-0.3, -0.25) is 4.79 Å². The van der Waals surface area contributed by atoms with Crippen LogP contribution in [-0.2, 0) is 4.79 Å². The third-order valence-electron chi connectivity index (χ3n) is 4.32. The summed E-state index contributed by atoms with van der Waals surface area (Å²) in [5.74, 6) is 0.665. The molecule has 0 unspecified atom stereocenters. The lowest BCUT2D eigenvalue weighted by molar-refractivity contribution is -0.105. The molecule has 3 rings (SSSR count). The van der Waals surface area contributed by atoms with Gasteiger partial charge in [0.05, 0.1) is 10.4 Å². The lowest BCUT2D eigenvalue weighted by Gasteiger charge is -2.31. The quantitative estimate of drug-likeness (QED) is 0.871. The number of carbonyl (C=O) groups excluding carboxylic acids is 1. The first-order valence-corrected chi connectivity index (χ1v) is 8.14. The van der Waals surface area contributed by atoms with Gasteiger partial charge in [0.2, 0.25) is 6.41 Å². The highest BCUT2D eigenvalue weighted by molar-refractivity contribution is 7.18. The largest absolute Gasteiger partial charge is 0.327 e. The molecule has 2 aromatic rings. The Morgan fingerprint density at radius 3 is 2.90 bits per heavy atom. The highest BCUT2D eigenvalue weighted by Crippen LogP contribution is 2.39. The van der Waals surface area contributed by atoms with Gasteiger partial charge in [-0.15, -0.1) is 11.3 Å². The molecular formula is C16H20N2OS. The highest BCUT2D eigenvalue weighted by Gasteiger charge is 2.22. The fourth-order valence-corrected chi connectivity index (χ4v) is 4.26. The molecule has 1 N–H and O–H groups in total. The molecule has 1 fully saturated rings. The second-order valence-electron chi connectivity index (χ2n) is 5.34. The number of hydrogen-bond donors (Lipinski definition) is 1. The summed E-state index contributed by atoms with van der Waals surface area (Å²) in [5.41, 5.74) is 2.40. The number of thiophene rings is 1. The number of fused-ring (bicyclic) bond motifs is 1. The third kappa shape index (κ3) is 2.45. The van der Waals surface area contributed by atoms with E-state index in [0.29, 0.717) is 5.92 Å². The molecule has 2 heterocycles. The summed E-state index contributed by atoms with van der Waals surface area (Å²) in [5, 5.41) is 6.41. The molecule has 0 radical (unpaired) electrons. The van der Waals surface area contributed by atoms with Crippen LogP contribution < -0.4 is 5.32 Å². The van der Waals surface area contributed by atoms with E-state index >= 15 is 0 Å². The summed E-state index contributed by atoms with van der Waals surface area (Å²) >= 11 is 1.75. The van der Waals surface area contributed by atoms with Crippen molar-refractivity contribution in [2.24, 2.45) is 0 Å². The molecule has 0 atom stereocenters. The average Bonchev–Trinajstić information content (AvgIpc) is 2.93. The Bertz CT molecular complexity index is 600. The zero-order valence-corrected chi connectivity index (χ0v) is 12.6. The molecular weight excluding hydrogens is 268 g/mol. The number of likely N-dealkylation sites (tertiary alicyclic amines) is 1. The molecule has 1 amide bonds. The number of rotatable bonds is 4. The predicted octanol–water partition coefficient (Wildman–Crippen LogP) is 3.67. The van der Waals surface area contributed by atoms with Crippen LogP contribution in [0.4, 0.5) is 5.69 Å². The molecule has 1 aliphatic heterocycles. The Kier molecular flexibility index (Phi) is 4.03. The molecule has 1 aliphatic rings. The van der Waals surface area contributed by atoms with Gasteiger partial charge >= 0.3 is 0 Å². The molecule has 0 saturated carbocycles. The monoisotopic (exact) mass is 288 g/mol. The first-order chi connectivity index (χ1) is 9.83. The number of hydrogen-bond acceptors (Lipinski definition) is 3. The van der Waals surface area contributed by atoms with Crippen molar-refractivity contribution < 1.29 is 4.79 Å². The van der Waals surface area contributed by atoms with Crippen LogP contribution >= 0.6 is 11.3 Å². The zero-order chi connectivity index (χ0) is 13.9. The van der Waals surface area contributed by atoms with Crippen molar-refractivity contribution in [2.45, 2.75) is 25.7 Å². The van der Waals surface area contributed by atoms with Crippen molar-refractivity contribution in [3.63, 3.8) is 0 Å². The molecule has 1 aromatic heterocycles. The normalized spacial score (nSPS) is 17.4. The third-order valence-corrected chi connectivity index (χ3v) is 5.37. The van der Waals surface area contributed by atoms with Gasteiger partial charge in [-0.2, -0.15) is 0 Å². The minimum atomic E-state index is 0.665. The number of piperidine rings is 1. The summed E-state index contributed by atoms with van der Waals surface area (Å²) in [6, 6.07) is 6.19. The van der Waals surface area contributed by atoms with Gasteiger partial charge in [-0.05, 0) is 60.8 Å². The number of carbonyl (C=O) groups is 1. The van der Waals surface area contributed by atoms with Gasteiger partial charge in [0.15, 0.2) is 0 Å². The number of benzene rings is 1. The standard InChI is InChI=1S/C16H20N2OS/c1-2-18-8-6-12(7-9-18)14-10-20-16-13(14)4-3-5-15(16)17-11-19/h3-5,10-12H,2,6-9H2,1H3,(H,17,19). The molecule has 20 heavy (non-hydrogen) atoms. The van der Waals surface area contributed by atoms with Gasteiger partial charge in [0.1, 0.15) is 0 Å². The van der Waals surface area contributed by atoms with Gasteiger partial charge < -0.3 is 10.2 Å². The lowest BCUT2D eigenvalue weighted by atomic mass is 9.89. The highest BCUT2D eigenvalue weighted by atomic mass is 32.1. The van der Waals surface area contributed by atoms with E-state index in [4.69, 9.17) is 0 Å². The fraction of sp³-hybridized carbons (Fsp3) is 0.438. The maximum Gasteiger partial charge on any atom is 0.211 e. The van der Waals surface area contributed by atoms with Crippen molar-refractivity contribution in [3.8, 4) is 0 Å². The average molecular weight is 288 g/mol. The Balaban J connectivity index is 1.89. The van der Waals surface area contributed by atoms with E-state index in [0.717, 1.165) is 18.6 Å². The van der Waals surface area contributed by atoms with Crippen molar-refractivity contribution >= 4 is 33.5 Å². The van der Waals surface area contributed by atoms with Gasteiger partial charge in [0, 0.05) is 0 Å². The Hall–Kier alpha value is -1.39. The van der Waals surface area contributed by atoms with Crippen LogP contribution in [0.1, 0.15) is 31.2 Å². The summed E-state index contributed by atoms with van der Waals surface area (Å²) in [7, 11) is 0. The number of amides is 1. The number of anilines is 1. The van der Waals surface area contributed by atoms with E-state index in [1.165, 1.54) is 41.6 Å².